The zero-order chi connectivity index (χ0) is 10.7. The minimum absolute atomic E-state index is 0.0355. The van der Waals surface area contributed by atoms with Crippen LogP contribution in [0.3, 0.4) is 0 Å². The predicted molar refractivity (Wildman–Crippen MR) is 58.9 cm³/mol. The summed E-state index contributed by atoms with van der Waals surface area (Å²) >= 11 is 0. The van der Waals surface area contributed by atoms with E-state index >= 15 is 0 Å². The third-order valence-corrected chi connectivity index (χ3v) is 4.38. The SMILES string of the molecule is CC1CCOP(=O)(Cc2ccccc2)O1. The molecule has 4 heteroatoms. The highest BCUT2D eigenvalue weighted by Crippen LogP contribution is 2.54. The molecular formula is C11H15O3P. The van der Waals surface area contributed by atoms with Gasteiger partial charge in [-0.1, -0.05) is 30.3 Å². The first-order chi connectivity index (χ1) is 7.18. The fraction of sp³-hybridized carbons (Fsp3) is 0.455. The Labute approximate surface area is 89.9 Å². The summed E-state index contributed by atoms with van der Waals surface area (Å²) < 4.78 is 22.9. The van der Waals surface area contributed by atoms with Gasteiger partial charge in [0.1, 0.15) is 0 Å². The van der Waals surface area contributed by atoms with Gasteiger partial charge in [0.25, 0.3) is 0 Å². The van der Waals surface area contributed by atoms with Crippen LogP contribution in [0.25, 0.3) is 0 Å². The first-order valence-electron chi connectivity index (χ1n) is 5.14. The van der Waals surface area contributed by atoms with Crippen molar-refractivity contribution in [2.45, 2.75) is 25.6 Å². The third kappa shape index (κ3) is 2.91. The normalized spacial score (nSPS) is 31.4. The highest BCUT2D eigenvalue weighted by molar-refractivity contribution is 7.53. The Hall–Kier alpha value is -0.630. The maximum absolute atomic E-state index is 12.2. The lowest BCUT2D eigenvalue weighted by Crippen LogP contribution is -2.17. The minimum atomic E-state index is -2.89. The van der Waals surface area contributed by atoms with Crippen molar-refractivity contribution in [2.24, 2.45) is 0 Å². The smallest absolute Gasteiger partial charge is 0.308 e. The van der Waals surface area contributed by atoms with E-state index in [9.17, 15) is 4.57 Å². The fourth-order valence-electron chi connectivity index (χ4n) is 1.60. The van der Waals surface area contributed by atoms with Gasteiger partial charge in [-0.3, -0.25) is 4.57 Å². The average molecular weight is 226 g/mol. The lowest BCUT2D eigenvalue weighted by atomic mass is 10.2. The minimum Gasteiger partial charge on any atom is -0.308 e. The van der Waals surface area contributed by atoms with E-state index in [0.717, 1.165) is 12.0 Å². The maximum atomic E-state index is 12.2. The predicted octanol–water partition coefficient (Wildman–Crippen LogP) is 3.21. The van der Waals surface area contributed by atoms with Crippen LogP contribution in [0.4, 0.5) is 0 Å². The van der Waals surface area contributed by atoms with E-state index in [2.05, 4.69) is 0 Å². The second-order valence-corrected chi connectivity index (χ2v) is 5.80. The molecule has 3 nitrogen and oxygen atoms in total. The molecule has 0 bridgehead atoms. The topological polar surface area (TPSA) is 35.5 Å². The molecule has 1 aromatic rings. The van der Waals surface area contributed by atoms with Crippen molar-refractivity contribution >= 4 is 7.60 Å². The molecule has 0 radical (unpaired) electrons. The molecule has 2 rings (SSSR count). The molecule has 1 heterocycles. The Morgan fingerprint density at radius 1 is 1.40 bits per heavy atom. The average Bonchev–Trinajstić information content (AvgIpc) is 2.18. The lowest BCUT2D eigenvalue weighted by Gasteiger charge is -2.27. The quantitative estimate of drug-likeness (QED) is 0.726. The Morgan fingerprint density at radius 2 is 2.13 bits per heavy atom. The van der Waals surface area contributed by atoms with Crippen LogP contribution in [0.5, 0.6) is 0 Å². The molecular weight excluding hydrogens is 211 g/mol. The molecule has 0 aliphatic carbocycles. The molecule has 2 unspecified atom stereocenters. The highest BCUT2D eigenvalue weighted by atomic mass is 31.2. The van der Waals surface area contributed by atoms with Gasteiger partial charge in [0.15, 0.2) is 0 Å². The largest absolute Gasteiger partial charge is 0.335 e. The van der Waals surface area contributed by atoms with Crippen molar-refractivity contribution in [3.8, 4) is 0 Å². The van der Waals surface area contributed by atoms with Crippen LogP contribution in [0.15, 0.2) is 30.3 Å². The van der Waals surface area contributed by atoms with Crippen LogP contribution in [-0.4, -0.2) is 12.7 Å². The monoisotopic (exact) mass is 226 g/mol. The lowest BCUT2D eigenvalue weighted by molar-refractivity contribution is 0.0917. The molecule has 1 aliphatic rings. The van der Waals surface area contributed by atoms with E-state index in [0.29, 0.717) is 12.8 Å². The van der Waals surface area contributed by atoms with Gasteiger partial charge in [-0.05, 0) is 18.9 Å². The van der Waals surface area contributed by atoms with Gasteiger partial charge in [-0.25, -0.2) is 0 Å². The van der Waals surface area contributed by atoms with E-state index in [1.54, 1.807) is 0 Å². The van der Waals surface area contributed by atoms with Crippen molar-refractivity contribution in [3.05, 3.63) is 35.9 Å². The van der Waals surface area contributed by atoms with Gasteiger partial charge in [-0.2, -0.15) is 0 Å². The molecule has 0 spiro atoms. The Morgan fingerprint density at radius 3 is 2.80 bits per heavy atom. The van der Waals surface area contributed by atoms with E-state index < -0.39 is 7.60 Å². The molecule has 2 atom stereocenters. The van der Waals surface area contributed by atoms with Gasteiger partial charge in [0, 0.05) is 0 Å². The number of benzene rings is 1. The number of rotatable bonds is 2. The van der Waals surface area contributed by atoms with Gasteiger partial charge >= 0.3 is 7.60 Å². The van der Waals surface area contributed by atoms with Gasteiger partial charge in [0.05, 0.1) is 18.9 Å². The first kappa shape index (κ1) is 10.9. The summed E-state index contributed by atoms with van der Waals surface area (Å²) in [6.45, 7) is 2.46. The number of hydrogen-bond acceptors (Lipinski definition) is 3. The molecule has 1 aromatic carbocycles. The van der Waals surface area contributed by atoms with E-state index in [-0.39, 0.29) is 6.10 Å². The summed E-state index contributed by atoms with van der Waals surface area (Å²) in [4.78, 5) is 0. The second-order valence-electron chi connectivity index (χ2n) is 3.79. The zero-order valence-electron chi connectivity index (χ0n) is 8.76. The summed E-state index contributed by atoms with van der Waals surface area (Å²) in [7, 11) is -2.89. The molecule has 1 saturated heterocycles. The van der Waals surface area contributed by atoms with Crippen LogP contribution >= 0.6 is 7.60 Å². The van der Waals surface area contributed by atoms with Gasteiger partial charge in [0.2, 0.25) is 0 Å². The van der Waals surface area contributed by atoms with E-state index in [1.165, 1.54) is 0 Å². The van der Waals surface area contributed by atoms with Crippen molar-refractivity contribution < 1.29 is 13.6 Å². The zero-order valence-corrected chi connectivity index (χ0v) is 9.65. The fourth-order valence-corrected chi connectivity index (χ4v) is 3.53. The van der Waals surface area contributed by atoms with E-state index in [4.69, 9.17) is 9.05 Å². The summed E-state index contributed by atoms with van der Waals surface area (Å²) in [6.07, 6.45) is 1.23. The molecule has 0 aromatic heterocycles. The van der Waals surface area contributed by atoms with Crippen molar-refractivity contribution in [3.63, 3.8) is 0 Å². The van der Waals surface area contributed by atoms with Gasteiger partial charge < -0.3 is 9.05 Å². The summed E-state index contributed by atoms with van der Waals surface area (Å²) in [6, 6.07) is 9.66. The summed E-state index contributed by atoms with van der Waals surface area (Å²) in [5, 5.41) is 0. The van der Waals surface area contributed by atoms with Crippen LogP contribution in [-0.2, 0) is 19.8 Å². The van der Waals surface area contributed by atoms with Crippen LogP contribution in [0.1, 0.15) is 18.9 Å². The Bertz CT molecular complexity index is 363. The van der Waals surface area contributed by atoms with Crippen LogP contribution in [0, 0.1) is 0 Å². The van der Waals surface area contributed by atoms with Crippen molar-refractivity contribution in [2.75, 3.05) is 6.61 Å². The van der Waals surface area contributed by atoms with Gasteiger partial charge in [-0.15, -0.1) is 0 Å². The molecule has 0 saturated carbocycles. The third-order valence-electron chi connectivity index (χ3n) is 2.37. The highest BCUT2D eigenvalue weighted by Gasteiger charge is 2.31. The second kappa shape index (κ2) is 4.48. The molecule has 82 valence electrons. The summed E-state index contributed by atoms with van der Waals surface area (Å²) in [5.41, 5.74) is 0.995. The Balaban J connectivity index is 2.07. The van der Waals surface area contributed by atoms with E-state index in [1.807, 2.05) is 37.3 Å². The van der Waals surface area contributed by atoms with Crippen LogP contribution < -0.4 is 0 Å². The molecule has 15 heavy (non-hydrogen) atoms. The molecule has 0 N–H and O–H groups in total. The number of hydrogen-bond donors (Lipinski definition) is 0. The first-order valence-corrected chi connectivity index (χ1v) is 6.87. The summed E-state index contributed by atoms with van der Waals surface area (Å²) in [5.74, 6) is 0. The van der Waals surface area contributed by atoms with Crippen molar-refractivity contribution in [1.82, 2.24) is 0 Å². The standard InChI is InChI=1S/C11H15O3P/c1-10-7-8-13-15(12,14-10)9-11-5-3-2-4-6-11/h2-6,10H,7-9H2,1H3. The molecule has 1 aliphatic heterocycles. The van der Waals surface area contributed by atoms with Crippen LogP contribution in [0.2, 0.25) is 0 Å². The molecule has 1 fully saturated rings. The Kier molecular flexibility index (Phi) is 3.25. The van der Waals surface area contributed by atoms with Crippen molar-refractivity contribution in [1.29, 1.82) is 0 Å². The maximum Gasteiger partial charge on any atom is 0.335 e. The molecule has 0 amide bonds.